The Morgan fingerprint density at radius 1 is 1.50 bits per heavy atom. The Hall–Kier alpha value is -0.260. The highest BCUT2D eigenvalue weighted by Crippen LogP contribution is 2.23. The van der Waals surface area contributed by atoms with E-state index in [-0.39, 0.29) is 5.91 Å². The van der Waals surface area contributed by atoms with Crippen molar-refractivity contribution in [2.45, 2.75) is 24.8 Å². The molecule has 1 amide bonds. The van der Waals surface area contributed by atoms with Gasteiger partial charge in [0.05, 0.1) is 5.54 Å². The van der Waals surface area contributed by atoms with Crippen LogP contribution in [0.1, 0.15) is 19.3 Å². The monoisotopic (exact) mass is 244 g/mol. The highest BCUT2D eigenvalue weighted by atomic mass is 32.2. The predicted octanol–water partition coefficient (Wildman–Crippen LogP) is 0.364. The molecule has 0 radical (unpaired) electrons. The fourth-order valence-electron chi connectivity index (χ4n) is 2.12. The summed E-state index contributed by atoms with van der Waals surface area (Å²) < 4.78 is 5.23. The van der Waals surface area contributed by atoms with E-state index < -0.39 is 5.54 Å². The van der Waals surface area contributed by atoms with Crippen LogP contribution in [0.4, 0.5) is 0 Å². The van der Waals surface area contributed by atoms with Gasteiger partial charge in [-0.3, -0.25) is 4.79 Å². The molecule has 0 aromatic heterocycles. The largest absolute Gasteiger partial charge is 0.381 e. The van der Waals surface area contributed by atoms with E-state index in [2.05, 4.69) is 5.32 Å². The molecule has 2 heterocycles. The highest BCUT2D eigenvalue weighted by molar-refractivity contribution is 7.99. The fourth-order valence-corrected chi connectivity index (χ4v) is 3.40. The smallest absolute Gasteiger partial charge is 0.240 e. The molecule has 0 spiro atoms. The number of carbonyl (C=O) groups is 1. The first-order chi connectivity index (χ1) is 7.71. The molecule has 0 saturated carbocycles. The van der Waals surface area contributed by atoms with E-state index >= 15 is 0 Å². The van der Waals surface area contributed by atoms with Gasteiger partial charge in [0.15, 0.2) is 0 Å². The number of rotatable bonds is 3. The lowest BCUT2D eigenvalue weighted by molar-refractivity contribution is -0.129. The van der Waals surface area contributed by atoms with Gasteiger partial charge in [-0.15, -0.1) is 0 Å². The second kappa shape index (κ2) is 5.38. The summed E-state index contributed by atoms with van der Waals surface area (Å²) in [5, 5.41) is 3.00. The first-order valence-corrected chi connectivity index (χ1v) is 7.09. The Bertz CT molecular complexity index is 248. The molecule has 0 bridgehead atoms. The van der Waals surface area contributed by atoms with Crippen LogP contribution in [0.2, 0.25) is 0 Å². The number of nitrogens with two attached hydrogens (primary N) is 1. The second-order valence-electron chi connectivity index (χ2n) is 4.71. The quantitative estimate of drug-likeness (QED) is 0.752. The normalized spacial score (nSPS) is 28.9. The summed E-state index contributed by atoms with van der Waals surface area (Å²) in [5.41, 5.74) is 5.40. The molecule has 92 valence electrons. The van der Waals surface area contributed by atoms with Crippen LogP contribution < -0.4 is 11.1 Å². The summed E-state index contributed by atoms with van der Waals surface area (Å²) in [5.74, 6) is 3.04. The third-order valence-corrected chi connectivity index (χ3v) is 4.64. The Kier molecular flexibility index (Phi) is 4.10. The van der Waals surface area contributed by atoms with Crippen LogP contribution >= 0.6 is 11.8 Å². The van der Waals surface area contributed by atoms with E-state index in [1.54, 1.807) is 0 Å². The molecule has 0 aliphatic carbocycles. The van der Waals surface area contributed by atoms with Crippen LogP contribution in [0.3, 0.4) is 0 Å². The van der Waals surface area contributed by atoms with Gasteiger partial charge < -0.3 is 15.8 Å². The Morgan fingerprint density at radius 3 is 2.88 bits per heavy atom. The van der Waals surface area contributed by atoms with Gasteiger partial charge in [0.1, 0.15) is 0 Å². The van der Waals surface area contributed by atoms with Crippen LogP contribution in [-0.4, -0.2) is 42.7 Å². The number of carbonyl (C=O) groups excluding carboxylic acids is 1. The van der Waals surface area contributed by atoms with E-state index in [0.717, 1.165) is 6.54 Å². The average molecular weight is 244 g/mol. The zero-order chi connectivity index (χ0) is 11.4. The van der Waals surface area contributed by atoms with Gasteiger partial charge in [-0.1, -0.05) is 0 Å². The topological polar surface area (TPSA) is 64.4 Å². The number of hydrogen-bond donors (Lipinski definition) is 2. The van der Waals surface area contributed by atoms with E-state index in [1.165, 1.54) is 17.9 Å². The molecule has 5 heteroatoms. The third-order valence-electron chi connectivity index (χ3n) is 3.41. The Balaban J connectivity index is 1.77. The maximum atomic E-state index is 12.0. The zero-order valence-corrected chi connectivity index (χ0v) is 10.4. The average Bonchev–Trinajstić information content (AvgIpc) is 2.79. The number of thioether (sulfide) groups is 1. The van der Waals surface area contributed by atoms with E-state index in [0.29, 0.717) is 32.0 Å². The van der Waals surface area contributed by atoms with Crippen molar-refractivity contribution in [3.05, 3.63) is 0 Å². The van der Waals surface area contributed by atoms with Gasteiger partial charge in [-0.25, -0.2) is 0 Å². The molecule has 1 atom stereocenters. The van der Waals surface area contributed by atoms with Crippen LogP contribution in [-0.2, 0) is 9.53 Å². The molecule has 3 N–H and O–H groups in total. The molecule has 4 nitrogen and oxygen atoms in total. The molecule has 0 aromatic carbocycles. The molecule has 2 aliphatic heterocycles. The first kappa shape index (κ1) is 12.2. The Morgan fingerprint density at radius 2 is 2.25 bits per heavy atom. The molecular weight excluding hydrogens is 224 g/mol. The van der Waals surface area contributed by atoms with Gasteiger partial charge in [0.2, 0.25) is 5.91 Å². The molecule has 0 aromatic rings. The van der Waals surface area contributed by atoms with Crippen molar-refractivity contribution in [2.75, 3.05) is 31.3 Å². The maximum Gasteiger partial charge on any atom is 0.240 e. The molecular formula is C11H20N2O2S. The fraction of sp³-hybridized carbons (Fsp3) is 0.909. The highest BCUT2D eigenvalue weighted by Gasteiger charge is 2.35. The summed E-state index contributed by atoms with van der Waals surface area (Å²) in [6.07, 6.45) is 2.49. The van der Waals surface area contributed by atoms with Gasteiger partial charge in [-0.05, 0) is 36.7 Å². The van der Waals surface area contributed by atoms with Gasteiger partial charge in [0.25, 0.3) is 0 Å². The van der Waals surface area contributed by atoms with Crippen LogP contribution in [0.15, 0.2) is 0 Å². The van der Waals surface area contributed by atoms with Crippen molar-refractivity contribution in [1.82, 2.24) is 5.32 Å². The van der Waals surface area contributed by atoms with E-state index in [9.17, 15) is 4.79 Å². The lowest BCUT2D eigenvalue weighted by atomic mass is 9.90. The second-order valence-corrected chi connectivity index (χ2v) is 5.86. The third kappa shape index (κ3) is 2.90. The predicted molar refractivity (Wildman–Crippen MR) is 65.4 cm³/mol. The Labute approximate surface area is 101 Å². The minimum Gasteiger partial charge on any atom is -0.381 e. The number of amides is 1. The van der Waals surface area contributed by atoms with Gasteiger partial charge >= 0.3 is 0 Å². The van der Waals surface area contributed by atoms with Crippen molar-refractivity contribution in [3.8, 4) is 0 Å². The summed E-state index contributed by atoms with van der Waals surface area (Å²) in [6.45, 7) is 1.98. The van der Waals surface area contributed by atoms with Crippen LogP contribution in [0, 0.1) is 5.92 Å². The van der Waals surface area contributed by atoms with Crippen molar-refractivity contribution in [2.24, 2.45) is 11.7 Å². The lowest BCUT2D eigenvalue weighted by Crippen LogP contribution is -2.57. The van der Waals surface area contributed by atoms with Crippen molar-refractivity contribution >= 4 is 17.7 Å². The van der Waals surface area contributed by atoms with Crippen LogP contribution in [0.25, 0.3) is 0 Å². The standard InChI is InChI=1S/C11H20N2O2S/c12-11(2-4-15-5-3-11)10(14)13-7-9-1-6-16-8-9/h9H,1-8,12H2,(H,13,14). The number of ether oxygens (including phenoxy) is 1. The zero-order valence-electron chi connectivity index (χ0n) is 9.54. The molecule has 2 aliphatic rings. The van der Waals surface area contributed by atoms with Crippen molar-refractivity contribution < 1.29 is 9.53 Å². The summed E-state index contributed by atoms with van der Waals surface area (Å²) in [7, 11) is 0. The number of nitrogens with one attached hydrogen (secondary N) is 1. The number of hydrogen-bond acceptors (Lipinski definition) is 4. The summed E-state index contributed by atoms with van der Waals surface area (Å²) in [6, 6.07) is 0. The minimum atomic E-state index is -0.690. The SMILES string of the molecule is NC1(C(=O)NCC2CCSC2)CCOCC1. The molecule has 16 heavy (non-hydrogen) atoms. The van der Waals surface area contributed by atoms with E-state index in [4.69, 9.17) is 10.5 Å². The van der Waals surface area contributed by atoms with Crippen molar-refractivity contribution in [3.63, 3.8) is 0 Å². The van der Waals surface area contributed by atoms with Gasteiger partial charge in [-0.2, -0.15) is 11.8 Å². The molecule has 2 fully saturated rings. The van der Waals surface area contributed by atoms with E-state index in [1.807, 2.05) is 11.8 Å². The summed E-state index contributed by atoms with van der Waals surface area (Å²) in [4.78, 5) is 12.0. The van der Waals surface area contributed by atoms with Crippen LogP contribution in [0.5, 0.6) is 0 Å². The molecule has 2 saturated heterocycles. The molecule has 2 rings (SSSR count). The lowest BCUT2D eigenvalue weighted by Gasteiger charge is -2.32. The minimum absolute atomic E-state index is 0.00713. The summed E-state index contributed by atoms with van der Waals surface area (Å²) >= 11 is 1.97. The van der Waals surface area contributed by atoms with Crippen molar-refractivity contribution in [1.29, 1.82) is 0 Å². The van der Waals surface area contributed by atoms with Gasteiger partial charge in [0, 0.05) is 19.8 Å². The first-order valence-electron chi connectivity index (χ1n) is 5.93. The molecule has 1 unspecified atom stereocenters. The maximum absolute atomic E-state index is 12.0.